The molecule has 21 heavy (non-hydrogen) atoms. The van der Waals surface area contributed by atoms with Crippen LogP contribution >= 0.6 is 11.3 Å². The van der Waals surface area contributed by atoms with Gasteiger partial charge in [0.05, 0.1) is 11.9 Å². The van der Waals surface area contributed by atoms with Crippen molar-refractivity contribution in [3.63, 3.8) is 0 Å². The van der Waals surface area contributed by atoms with Crippen molar-refractivity contribution in [2.24, 2.45) is 0 Å². The maximum Gasteiger partial charge on any atom is 0.210 e. The van der Waals surface area contributed by atoms with E-state index >= 15 is 0 Å². The van der Waals surface area contributed by atoms with Crippen LogP contribution in [0.1, 0.15) is 19.4 Å². The van der Waals surface area contributed by atoms with Crippen LogP contribution in [-0.4, -0.2) is 20.8 Å². The summed E-state index contributed by atoms with van der Waals surface area (Å²) in [5.74, 6) is 0. The number of thiazole rings is 1. The molecule has 0 saturated carbocycles. The van der Waals surface area contributed by atoms with E-state index in [9.17, 15) is 0 Å². The molecule has 0 amide bonds. The highest BCUT2D eigenvalue weighted by Crippen LogP contribution is 2.27. The summed E-state index contributed by atoms with van der Waals surface area (Å²) in [6.07, 6.45) is 3.74. The molecular weight excluding hydrogens is 280 g/mol. The van der Waals surface area contributed by atoms with Crippen molar-refractivity contribution in [3.05, 3.63) is 53.7 Å². The number of benzene rings is 1. The number of aromatic nitrogens is 3. The van der Waals surface area contributed by atoms with Crippen LogP contribution in [-0.2, 0) is 6.54 Å². The Morgan fingerprint density at radius 1 is 1.24 bits per heavy atom. The summed E-state index contributed by atoms with van der Waals surface area (Å²) in [6.45, 7) is 5.09. The second kappa shape index (κ2) is 6.20. The summed E-state index contributed by atoms with van der Waals surface area (Å²) in [5.41, 5.74) is 3.45. The lowest BCUT2D eigenvalue weighted by Gasteiger charge is -2.10. The molecule has 5 heteroatoms. The molecule has 0 aliphatic heterocycles. The van der Waals surface area contributed by atoms with Crippen molar-refractivity contribution >= 4 is 11.3 Å². The molecule has 108 valence electrons. The van der Waals surface area contributed by atoms with E-state index in [0.717, 1.165) is 22.9 Å². The first-order valence-corrected chi connectivity index (χ1v) is 7.89. The highest BCUT2D eigenvalue weighted by Gasteiger charge is 2.15. The van der Waals surface area contributed by atoms with Crippen LogP contribution in [0.4, 0.5) is 0 Å². The monoisotopic (exact) mass is 298 g/mol. The van der Waals surface area contributed by atoms with Gasteiger partial charge < -0.3 is 5.32 Å². The second-order valence-electron chi connectivity index (χ2n) is 5.15. The van der Waals surface area contributed by atoms with Crippen molar-refractivity contribution < 1.29 is 0 Å². The molecule has 0 fully saturated rings. The van der Waals surface area contributed by atoms with Gasteiger partial charge in [-0.3, -0.25) is 0 Å². The Morgan fingerprint density at radius 2 is 2.05 bits per heavy atom. The topological polar surface area (TPSA) is 42.7 Å². The summed E-state index contributed by atoms with van der Waals surface area (Å²) < 4.78 is 1.93. The van der Waals surface area contributed by atoms with E-state index in [1.54, 1.807) is 11.3 Å². The maximum absolute atomic E-state index is 4.54. The minimum absolute atomic E-state index is 0.442. The molecule has 3 rings (SSSR count). The Hall–Kier alpha value is -1.98. The zero-order chi connectivity index (χ0) is 14.7. The summed E-state index contributed by atoms with van der Waals surface area (Å²) in [7, 11) is 0. The Bertz CT molecular complexity index is 686. The standard InChI is InChI=1S/C16H18N4S/c1-12(2)18-10-14-11-19-20(16-17-8-9-21-16)15(14)13-6-4-3-5-7-13/h3-9,11-12,18H,10H2,1-2H3. The first kappa shape index (κ1) is 14.0. The van der Waals surface area contributed by atoms with Gasteiger partial charge in [-0.2, -0.15) is 5.10 Å². The van der Waals surface area contributed by atoms with E-state index in [-0.39, 0.29) is 0 Å². The predicted molar refractivity (Wildman–Crippen MR) is 86.6 cm³/mol. The molecule has 0 radical (unpaired) electrons. The van der Waals surface area contributed by atoms with Gasteiger partial charge in [-0.25, -0.2) is 9.67 Å². The summed E-state index contributed by atoms with van der Waals surface area (Å²) >= 11 is 1.59. The van der Waals surface area contributed by atoms with Crippen LogP contribution in [0.2, 0.25) is 0 Å². The SMILES string of the molecule is CC(C)NCc1cnn(-c2nccs2)c1-c1ccccc1. The van der Waals surface area contributed by atoms with Crippen LogP contribution in [0.5, 0.6) is 0 Å². The maximum atomic E-state index is 4.54. The smallest absolute Gasteiger partial charge is 0.210 e. The molecule has 2 heterocycles. The molecule has 0 unspecified atom stereocenters. The summed E-state index contributed by atoms with van der Waals surface area (Å²) in [5, 5.41) is 10.9. The molecule has 0 aliphatic rings. The molecule has 3 aromatic rings. The second-order valence-corrected chi connectivity index (χ2v) is 6.02. The van der Waals surface area contributed by atoms with Gasteiger partial charge in [0.1, 0.15) is 0 Å². The molecule has 2 aromatic heterocycles. The van der Waals surface area contributed by atoms with E-state index in [1.165, 1.54) is 5.56 Å². The minimum Gasteiger partial charge on any atom is -0.310 e. The molecule has 0 bridgehead atoms. The predicted octanol–water partition coefficient (Wildman–Crippen LogP) is 3.49. The van der Waals surface area contributed by atoms with Crippen molar-refractivity contribution in [1.29, 1.82) is 0 Å². The van der Waals surface area contributed by atoms with Gasteiger partial charge in [-0.15, -0.1) is 11.3 Å². The van der Waals surface area contributed by atoms with Gasteiger partial charge in [0.25, 0.3) is 0 Å². The number of hydrogen-bond acceptors (Lipinski definition) is 4. The van der Waals surface area contributed by atoms with Crippen molar-refractivity contribution in [2.45, 2.75) is 26.4 Å². The van der Waals surface area contributed by atoms with Gasteiger partial charge in [0, 0.05) is 35.3 Å². The highest BCUT2D eigenvalue weighted by atomic mass is 32.1. The summed E-state index contributed by atoms with van der Waals surface area (Å²) in [4.78, 5) is 4.38. The van der Waals surface area contributed by atoms with E-state index in [0.29, 0.717) is 6.04 Å². The van der Waals surface area contributed by atoms with E-state index in [1.807, 2.05) is 40.7 Å². The molecule has 0 spiro atoms. The van der Waals surface area contributed by atoms with Crippen molar-refractivity contribution in [1.82, 2.24) is 20.1 Å². The third kappa shape index (κ3) is 3.04. The molecule has 1 aromatic carbocycles. The van der Waals surface area contributed by atoms with Gasteiger partial charge in [0.15, 0.2) is 0 Å². The fraction of sp³-hybridized carbons (Fsp3) is 0.250. The quantitative estimate of drug-likeness (QED) is 0.784. The molecule has 0 aliphatic carbocycles. The zero-order valence-corrected chi connectivity index (χ0v) is 13.0. The zero-order valence-electron chi connectivity index (χ0n) is 12.2. The third-order valence-electron chi connectivity index (χ3n) is 3.19. The van der Waals surface area contributed by atoms with Gasteiger partial charge >= 0.3 is 0 Å². The molecule has 0 saturated heterocycles. The first-order chi connectivity index (χ1) is 10.3. The van der Waals surface area contributed by atoms with E-state index in [2.05, 4.69) is 41.4 Å². The molecule has 0 atom stereocenters. The number of rotatable bonds is 5. The normalized spacial score (nSPS) is 11.2. The Labute approximate surface area is 128 Å². The van der Waals surface area contributed by atoms with Gasteiger partial charge in [0.2, 0.25) is 5.13 Å². The van der Waals surface area contributed by atoms with Crippen molar-refractivity contribution in [2.75, 3.05) is 0 Å². The third-order valence-corrected chi connectivity index (χ3v) is 3.94. The fourth-order valence-electron chi connectivity index (χ4n) is 2.20. The van der Waals surface area contributed by atoms with Crippen LogP contribution in [0.15, 0.2) is 48.1 Å². The summed E-state index contributed by atoms with van der Waals surface area (Å²) in [6, 6.07) is 10.8. The van der Waals surface area contributed by atoms with Crippen LogP contribution in [0.25, 0.3) is 16.4 Å². The molecular formula is C16H18N4S. The lowest BCUT2D eigenvalue weighted by atomic mass is 10.1. The van der Waals surface area contributed by atoms with Gasteiger partial charge in [-0.05, 0) is 0 Å². The number of nitrogens with zero attached hydrogens (tertiary/aromatic N) is 3. The Morgan fingerprint density at radius 3 is 2.71 bits per heavy atom. The van der Waals surface area contributed by atoms with Gasteiger partial charge in [-0.1, -0.05) is 44.2 Å². The minimum atomic E-state index is 0.442. The highest BCUT2D eigenvalue weighted by molar-refractivity contribution is 7.12. The average Bonchev–Trinajstić information content (AvgIpc) is 3.15. The van der Waals surface area contributed by atoms with Crippen molar-refractivity contribution in [3.8, 4) is 16.4 Å². The lowest BCUT2D eigenvalue weighted by Crippen LogP contribution is -2.22. The lowest BCUT2D eigenvalue weighted by molar-refractivity contribution is 0.589. The Balaban J connectivity index is 2.06. The van der Waals surface area contributed by atoms with Crippen LogP contribution in [0, 0.1) is 0 Å². The average molecular weight is 298 g/mol. The van der Waals surface area contributed by atoms with Crippen LogP contribution in [0.3, 0.4) is 0 Å². The largest absolute Gasteiger partial charge is 0.310 e. The fourth-order valence-corrected chi connectivity index (χ4v) is 2.80. The number of hydrogen-bond donors (Lipinski definition) is 1. The molecule has 4 nitrogen and oxygen atoms in total. The van der Waals surface area contributed by atoms with E-state index in [4.69, 9.17) is 0 Å². The molecule has 1 N–H and O–H groups in total. The Kier molecular flexibility index (Phi) is 4.13. The van der Waals surface area contributed by atoms with Crippen LogP contribution < -0.4 is 5.32 Å². The number of nitrogens with one attached hydrogen (secondary N) is 1. The first-order valence-electron chi connectivity index (χ1n) is 7.01. The van der Waals surface area contributed by atoms with E-state index < -0.39 is 0 Å².